The van der Waals surface area contributed by atoms with Crippen molar-refractivity contribution in [2.45, 2.75) is 6.54 Å². The zero-order valence-corrected chi connectivity index (χ0v) is 7.80. The molecule has 0 saturated carbocycles. The Morgan fingerprint density at radius 3 is 3.08 bits per heavy atom. The summed E-state index contributed by atoms with van der Waals surface area (Å²) in [7, 11) is 0. The molecule has 2 rings (SSSR count). The summed E-state index contributed by atoms with van der Waals surface area (Å²) in [6, 6.07) is 8.20. The minimum atomic E-state index is 0.619. The average Bonchev–Trinajstić information content (AvgIpc) is 2.58. The van der Waals surface area contributed by atoms with Crippen LogP contribution in [0.15, 0.2) is 29.6 Å². The lowest BCUT2D eigenvalue weighted by atomic mass is 10.2. The Labute approximate surface area is 80.2 Å². The molecule has 0 aliphatic rings. The number of hydrogen-bond acceptors (Lipinski definition) is 2. The molecule has 0 unspecified atom stereocenters. The van der Waals surface area contributed by atoms with Crippen LogP contribution in [0.4, 0.5) is 0 Å². The quantitative estimate of drug-likeness (QED) is 0.740. The summed E-state index contributed by atoms with van der Waals surface area (Å²) in [5, 5.41) is 5.99. The third-order valence-electron chi connectivity index (χ3n) is 1.94. The lowest BCUT2D eigenvalue weighted by molar-refractivity contribution is -0.109. The van der Waals surface area contributed by atoms with Gasteiger partial charge in [-0.2, -0.15) is 0 Å². The topological polar surface area (TPSA) is 29.1 Å². The van der Waals surface area contributed by atoms with Crippen molar-refractivity contribution in [2.24, 2.45) is 0 Å². The van der Waals surface area contributed by atoms with Gasteiger partial charge in [-0.15, -0.1) is 11.3 Å². The van der Waals surface area contributed by atoms with E-state index in [1.54, 1.807) is 11.3 Å². The Morgan fingerprint density at radius 1 is 1.38 bits per heavy atom. The number of nitrogens with one attached hydrogen (secondary N) is 1. The molecule has 1 amide bonds. The average molecular weight is 191 g/mol. The Morgan fingerprint density at radius 2 is 2.23 bits per heavy atom. The van der Waals surface area contributed by atoms with Gasteiger partial charge in [0, 0.05) is 11.2 Å². The van der Waals surface area contributed by atoms with Gasteiger partial charge in [-0.1, -0.05) is 18.2 Å². The maximum atomic E-state index is 10.1. The molecule has 0 spiro atoms. The van der Waals surface area contributed by atoms with E-state index in [1.807, 2.05) is 12.1 Å². The van der Waals surface area contributed by atoms with E-state index in [1.165, 1.54) is 15.6 Å². The van der Waals surface area contributed by atoms with Gasteiger partial charge >= 0.3 is 0 Å². The molecule has 0 fully saturated rings. The zero-order chi connectivity index (χ0) is 9.10. The summed E-state index contributed by atoms with van der Waals surface area (Å²) >= 11 is 1.71. The fourth-order valence-corrected chi connectivity index (χ4v) is 2.28. The second-order valence-electron chi connectivity index (χ2n) is 2.76. The number of carbonyl (C=O) groups is 1. The number of amides is 1. The maximum Gasteiger partial charge on any atom is 0.207 e. The predicted molar refractivity (Wildman–Crippen MR) is 54.7 cm³/mol. The number of hydrogen-bond donors (Lipinski definition) is 1. The van der Waals surface area contributed by atoms with Crippen LogP contribution in [0.2, 0.25) is 0 Å². The first-order valence-corrected chi connectivity index (χ1v) is 4.92. The molecule has 13 heavy (non-hydrogen) atoms. The molecule has 0 aliphatic heterocycles. The first-order chi connectivity index (χ1) is 6.42. The molecular weight excluding hydrogens is 182 g/mol. The van der Waals surface area contributed by atoms with Gasteiger partial charge < -0.3 is 5.32 Å². The van der Waals surface area contributed by atoms with Gasteiger partial charge in [-0.05, 0) is 22.4 Å². The minimum absolute atomic E-state index is 0.619. The summed E-state index contributed by atoms with van der Waals surface area (Å²) in [5.41, 5.74) is 1.19. The molecular formula is C10H9NOS. The Hall–Kier alpha value is -1.35. The zero-order valence-electron chi connectivity index (χ0n) is 6.99. The SMILES string of the molecule is O=CNCc1csc2ccccc12. The highest BCUT2D eigenvalue weighted by molar-refractivity contribution is 7.17. The van der Waals surface area contributed by atoms with E-state index >= 15 is 0 Å². The van der Waals surface area contributed by atoms with E-state index in [0.717, 1.165) is 6.41 Å². The van der Waals surface area contributed by atoms with Crippen LogP contribution in [-0.2, 0) is 11.3 Å². The van der Waals surface area contributed by atoms with Crippen LogP contribution < -0.4 is 5.32 Å². The summed E-state index contributed by atoms with van der Waals surface area (Å²) in [4.78, 5) is 10.1. The summed E-state index contributed by atoms with van der Waals surface area (Å²) in [6.45, 7) is 0.619. The molecule has 1 aromatic carbocycles. The lowest BCUT2D eigenvalue weighted by Gasteiger charge is -1.96. The van der Waals surface area contributed by atoms with Gasteiger partial charge in [0.05, 0.1) is 0 Å². The highest BCUT2D eigenvalue weighted by Crippen LogP contribution is 2.25. The first-order valence-electron chi connectivity index (χ1n) is 4.04. The second-order valence-corrected chi connectivity index (χ2v) is 3.67. The number of benzene rings is 1. The standard InChI is InChI=1S/C10H9NOS/c12-7-11-5-8-6-13-10-4-2-1-3-9(8)10/h1-4,6-7H,5H2,(H,11,12). The van der Waals surface area contributed by atoms with Crippen LogP contribution in [0.25, 0.3) is 10.1 Å². The Bertz CT molecular complexity index is 422. The van der Waals surface area contributed by atoms with Crippen LogP contribution >= 0.6 is 11.3 Å². The van der Waals surface area contributed by atoms with Gasteiger partial charge in [-0.25, -0.2) is 0 Å². The van der Waals surface area contributed by atoms with E-state index in [0.29, 0.717) is 6.54 Å². The number of carbonyl (C=O) groups excluding carboxylic acids is 1. The lowest BCUT2D eigenvalue weighted by Crippen LogP contribution is -2.08. The summed E-state index contributed by atoms with van der Waals surface area (Å²) in [6.07, 6.45) is 0.729. The third kappa shape index (κ3) is 1.55. The smallest absolute Gasteiger partial charge is 0.207 e. The van der Waals surface area contributed by atoms with Gasteiger partial charge in [0.2, 0.25) is 6.41 Å². The highest BCUT2D eigenvalue weighted by Gasteiger charge is 2.01. The van der Waals surface area contributed by atoms with Crippen molar-refractivity contribution in [3.05, 3.63) is 35.2 Å². The molecule has 0 saturated heterocycles. The van der Waals surface area contributed by atoms with Gasteiger partial charge in [0.15, 0.2) is 0 Å². The molecule has 0 atom stereocenters. The maximum absolute atomic E-state index is 10.1. The van der Waals surface area contributed by atoms with Crippen molar-refractivity contribution in [3.8, 4) is 0 Å². The van der Waals surface area contributed by atoms with E-state index in [9.17, 15) is 4.79 Å². The molecule has 66 valence electrons. The third-order valence-corrected chi connectivity index (χ3v) is 2.95. The van der Waals surface area contributed by atoms with Crippen LogP contribution in [0.1, 0.15) is 5.56 Å². The van der Waals surface area contributed by atoms with Crippen molar-refractivity contribution in [1.82, 2.24) is 5.32 Å². The van der Waals surface area contributed by atoms with E-state index in [2.05, 4.69) is 22.8 Å². The van der Waals surface area contributed by atoms with Crippen LogP contribution in [0.5, 0.6) is 0 Å². The van der Waals surface area contributed by atoms with Gasteiger partial charge in [0.25, 0.3) is 0 Å². The minimum Gasteiger partial charge on any atom is -0.355 e. The molecule has 2 aromatic rings. The number of fused-ring (bicyclic) bond motifs is 1. The van der Waals surface area contributed by atoms with Crippen molar-refractivity contribution >= 4 is 27.8 Å². The van der Waals surface area contributed by atoms with Crippen LogP contribution in [-0.4, -0.2) is 6.41 Å². The van der Waals surface area contributed by atoms with Gasteiger partial charge in [0.1, 0.15) is 0 Å². The molecule has 3 heteroatoms. The van der Waals surface area contributed by atoms with Gasteiger partial charge in [-0.3, -0.25) is 4.79 Å². The van der Waals surface area contributed by atoms with E-state index < -0.39 is 0 Å². The summed E-state index contributed by atoms with van der Waals surface area (Å²) in [5.74, 6) is 0. The molecule has 0 aliphatic carbocycles. The number of rotatable bonds is 3. The van der Waals surface area contributed by atoms with E-state index in [4.69, 9.17) is 0 Å². The monoisotopic (exact) mass is 191 g/mol. The van der Waals surface area contributed by atoms with Crippen molar-refractivity contribution in [1.29, 1.82) is 0 Å². The molecule has 1 N–H and O–H groups in total. The number of thiophene rings is 1. The fourth-order valence-electron chi connectivity index (χ4n) is 1.32. The molecule has 2 nitrogen and oxygen atoms in total. The van der Waals surface area contributed by atoms with Crippen LogP contribution in [0, 0.1) is 0 Å². The van der Waals surface area contributed by atoms with Crippen molar-refractivity contribution in [3.63, 3.8) is 0 Å². The molecule has 1 aromatic heterocycles. The second kappa shape index (κ2) is 3.58. The Balaban J connectivity index is 2.40. The molecule has 1 heterocycles. The summed E-state index contributed by atoms with van der Waals surface area (Å²) < 4.78 is 1.27. The van der Waals surface area contributed by atoms with Crippen molar-refractivity contribution < 1.29 is 4.79 Å². The molecule has 0 bridgehead atoms. The van der Waals surface area contributed by atoms with Crippen LogP contribution in [0.3, 0.4) is 0 Å². The normalized spacial score (nSPS) is 10.2. The van der Waals surface area contributed by atoms with E-state index in [-0.39, 0.29) is 0 Å². The Kier molecular flexibility index (Phi) is 2.27. The van der Waals surface area contributed by atoms with Crippen molar-refractivity contribution in [2.75, 3.05) is 0 Å². The first kappa shape index (κ1) is 8.26. The fraction of sp³-hybridized carbons (Fsp3) is 0.100. The highest BCUT2D eigenvalue weighted by atomic mass is 32.1. The predicted octanol–water partition coefficient (Wildman–Crippen LogP) is 2.15. The largest absolute Gasteiger partial charge is 0.355 e. The molecule has 0 radical (unpaired) electrons.